The first-order chi connectivity index (χ1) is 15.1. The fourth-order valence-electron chi connectivity index (χ4n) is 2.74. The van der Waals surface area contributed by atoms with E-state index in [2.05, 4.69) is 24.9 Å². The summed E-state index contributed by atoms with van der Waals surface area (Å²) in [6, 6.07) is 9.26. The number of carbonyl (C=O) groups is 1. The van der Waals surface area contributed by atoms with Crippen molar-refractivity contribution in [3.05, 3.63) is 42.5 Å². The van der Waals surface area contributed by atoms with Crippen molar-refractivity contribution in [2.75, 3.05) is 5.32 Å². The summed E-state index contributed by atoms with van der Waals surface area (Å²) >= 11 is 0.355. The van der Waals surface area contributed by atoms with Gasteiger partial charge in [-0.15, -0.1) is 5.11 Å². The van der Waals surface area contributed by atoms with Crippen LogP contribution in [-0.2, 0) is 24.3 Å². The SMILES string of the molecule is CC(=O)Nc1ccc(N=Nc2c(SOO[O-])cc3cc(S(=O)(=O)[O-])cc([NH])c3c2O)cc1.[Na+].[Na+]. The molecule has 0 spiro atoms. The van der Waals surface area contributed by atoms with Gasteiger partial charge in [-0.05, 0) is 47.9 Å². The number of nitrogens with one attached hydrogen (secondary N) is 2. The number of rotatable bonds is 7. The molecule has 0 aliphatic heterocycles. The Hall–Kier alpha value is -1.27. The van der Waals surface area contributed by atoms with Gasteiger partial charge in [-0.1, -0.05) is 0 Å². The summed E-state index contributed by atoms with van der Waals surface area (Å²) in [6.45, 7) is 1.36. The Balaban J connectivity index is 0.00000289. The predicted octanol–water partition coefficient (Wildman–Crippen LogP) is -3.02. The van der Waals surface area contributed by atoms with Crippen molar-refractivity contribution in [1.29, 1.82) is 0 Å². The molecule has 34 heavy (non-hydrogen) atoms. The van der Waals surface area contributed by atoms with E-state index in [-0.39, 0.29) is 86.4 Å². The van der Waals surface area contributed by atoms with Gasteiger partial charge in [0.1, 0.15) is 15.8 Å². The third kappa shape index (κ3) is 7.61. The van der Waals surface area contributed by atoms with Crippen LogP contribution >= 0.6 is 12.0 Å². The number of phenolic OH excluding ortho intramolecular Hbond substituents is 1. The molecule has 16 heteroatoms. The Labute approximate surface area is 242 Å². The number of nitrogens with zero attached hydrogens (tertiary/aromatic N) is 2. The van der Waals surface area contributed by atoms with Crippen LogP contribution in [-0.4, -0.2) is 24.0 Å². The van der Waals surface area contributed by atoms with Gasteiger partial charge in [-0.2, -0.15) is 9.45 Å². The standard InChI is InChI=1S/C18H15N4O8S2.2Na/c1-9(23)20-11-2-4-12(5-3-11)21-22-17-15(31-30-29-25)7-10-6-13(32(26,27)28)8-14(19)16(10)18(17)24;;/h2-8,19,24-25H,1H3,(H,20,23)(H,26,27,28);;/q;2*+1/p-2. The number of azo groups is 1. The quantitative estimate of drug-likeness (QED) is 0.0808. The van der Waals surface area contributed by atoms with Gasteiger partial charge in [-0.3, -0.25) is 9.83 Å². The molecule has 0 aromatic heterocycles. The number of fused-ring (bicyclic) bond motifs is 1. The molecule has 3 aromatic carbocycles. The van der Waals surface area contributed by atoms with E-state index in [4.69, 9.17) is 5.73 Å². The molecule has 3 N–H and O–H groups in total. The van der Waals surface area contributed by atoms with Gasteiger partial charge < -0.3 is 26.0 Å². The van der Waals surface area contributed by atoms with Gasteiger partial charge in [0.15, 0.2) is 5.75 Å². The smallest absolute Gasteiger partial charge is 0.744 e. The van der Waals surface area contributed by atoms with Gasteiger partial charge in [0, 0.05) is 12.6 Å². The zero-order valence-corrected chi connectivity index (χ0v) is 23.7. The number of anilines is 1. The van der Waals surface area contributed by atoms with E-state index < -0.39 is 26.5 Å². The van der Waals surface area contributed by atoms with Crippen molar-refractivity contribution in [3.8, 4) is 5.75 Å². The molecule has 0 atom stereocenters. The first kappa shape index (κ1) is 30.8. The van der Waals surface area contributed by atoms with E-state index in [9.17, 15) is 28.1 Å². The predicted molar refractivity (Wildman–Crippen MR) is 109 cm³/mol. The van der Waals surface area contributed by atoms with Crippen molar-refractivity contribution >= 4 is 61.6 Å². The summed E-state index contributed by atoms with van der Waals surface area (Å²) in [5.74, 6) is -0.806. The Morgan fingerprint density at radius 1 is 1.15 bits per heavy atom. The molecule has 12 nitrogen and oxygen atoms in total. The van der Waals surface area contributed by atoms with Crippen LogP contribution < -0.4 is 75.4 Å². The second kappa shape index (κ2) is 13.2. The monoisotopic (exact) mass is 523 g/mol. The van der Waals surface area contributed by atoms with Gasteiger partial charge >= 0.3 is 59.1 Å². The fraction of sp³-hybridized carbons (Fsp3) is 0.0556. The van der Waals surface area contributed by atoms with E-state index in [1.54, 1.807) is 12.1 Å². The van der Waals surface area contributed by atoms with E-state index in [1.165, 1.54) is 25.1 Å². The van der Waals surface area contributed by atoms with Crippen LogP contribution in [0.2, 0.25) is 0 Å². The molecule has 0 unspecified atom stereocenters. The molecular formula is C18H13N4Na2O8S2. The molecule has 3 aromatic rings. The molecule has 167 valence electrons. The summed E-state index contributed by atoms with van der Waals surface area (Å²) in [6.07, 6.45) is 0. The number of amides is 1. The molecule has 0 saturated heterocycles. The van der Waals surface area contributed by atoms with Crippen molar-refractivity contribution in [1.82, 2.24) is 5.73 Å². The summed E-state index contributed by atoms with van der Waals surface area (Å²) in [5, 5.41) is 34.7. The summed E-state index contributed by atoms with van der Waals surface area (Å²) in [5.41, 5.74) is 8.26. The average molecular weight is 523 g/mol. The largest absolute Gasteiger partial charge is 1.00 e. The Kier molecular flexibility index (Phi) is 11.9. The number of hydrogen-bond donors (Lipinski definition) is 2. The zero-order valence-electron chi connectivity index (χ0n) is 18.1. The zero-order chi connectivity index (χ0) is 23.5. The number of carbonyl (C=O) groups excluding carboxylic acids is 1. The topological polar surface area (TPSA) is 197 Å². The van der Waals surface area contributed by atoms with Crippen molar-refractivity contribution in [2.45, 2.75) is 16.7 Å². The van der Waals surface area contributed by atoms with E-state index in [0.29, 0.717) is 23.4 Å². The molecule has 1 radical (unpaired) electrons. The van der Waals surface area contributed by atoms with Crippen LogP contribution in [0.25, 0.3) is 10.8 Å². The van der Waals surface area contributed by atoms with Crippen molar-refractivity contribution < 1.29 is 96.6 Å². The first-order valence-corrected chi connectivity index (χ1v) is 10.7. The van der Waals surface area contributed by atoms with E-state index >= 15 is 0 Å². The number of benzene rings is 3. The van der Waals surface area contributed by atoms with Gasteiger partial charge in [0.25, 0.3) is 0 Å². The Bertz CT molecular complexity index is 1320. The fourth-order valence-corrected chi connectivity index (χ4v) is 3.76. The Morgan fingerprint density at radius 3 is 2.35 bits per heavy atom. The van der Waals surface area contributed by atoms with Crippen molar-refractivity contribution in [3.63, 3.8) is 0 Å². The molecule has 0 heterocycles. The molecule has 0 bridgehead atoms. The molecule has 3 rings (SSSR count). The van der Waals surface area contributed by atoms with Crippen LogP contribution in [0.1, 0.15) is 6.92 Å². The third-order valence-electron chi connectivity index (χ3n) is 4.02. The first-order valence-electron chi connectivity index (χ1n) is 8.54. The number of phenols is 1. The van der Waals surface area contributed by atoms with Crippen LogP contribution in [0.15, 0.2) is 62.5 Å². The van der Waals surface area contributed by atoms with E-state index in [0.717, 1.165) is 12.1 Å². The normalized spacial score (nSPS) is 11.1. The van der Waals surface area contributed by atoms with Crippen LogP contribution in [0.4, 0.5) is 22.7 Å². The number of hydrogen-bond acceptors (Lipinski definition) is 11. The maximum absolute atomic E-state index is 11.3. The minimum absolute atomic E-state index is 0. The summed E-state index contributed by atoms with van der Waals surface area (Å²) < 4.78 is 38.3. The van der Waals surface area contributed by atoms with Crippen LogP contribution in [0.3, 0.4) is 0 Å². The summed E-state index contributed by atoms with van der Waals surface area (Å²) in [7, 11) is -4.86. The van der Waals surface area contributed by atoms with Gasteiger partial charge in [-0.25, -0.2) is 8.42 Å². The maximum Gasteiger partial charge on any atom is 1.00 e. The Morgan fingerprint density at radius 2 is 1.79 bits per heavy atom. The average Bonchev–Trinajstić information content (AvgIpc) is 2.71. The molecule has 0 aliphatic rings. The number of aromatic hydroxyl groups is 1. The third-order valence-corrected chi connectivity index (χ3v) is 5.44. The van der Waals surface area contributed by atoms with Crippen molar-refractivity contribution in [2.24, 2.45) is 10.2 Å². The maximum atomic E-state index is 11.3. The van der Waals surface area contributed by atoms with Gasteiger partial charge in [0.05, 0.1) is 38.6 Å². The van der Waals surface area contributed by atoms with Crippen LogP contribution in [0.5, 0.6) is 5.75 Å². The molecular weight excluding hydrogens is 510 g/mol. The van der Waals surface area contributed by atoms with Gasteiger partial charge in [0.2, 0.25) is 5.91 Å². The molecule has 0 saturated carbocycles. The minimum atomic E-state index is -4.86. The van der Waals surface area contributed by atoms with Crippen LogP contribution in [0, 0.1) is 0 Å². The van der Waals surface area contributed by atoms with E-state index in [1.807, 2.05) is 0 Å². The molecule has 1 amide bonds. The molecule has 0 aliphatic carbocycles. The second-order valence-electron chi connectivity index (χ2n) is 6.24. The minimum Gasteiger partial charge on any atom is -0.744 e. The second-order valence-corrected chi connectivity index (χ2v) is 8.36. The molecule has 0 fully saturated rings. The summed E-state index contributed by atoms with van der Waals surface area (Å²) in [4.78, 5) is 10.4.